The van der Waals surface area contributed by atoms with Gasteiger partial charge in [-0.2, -0.15) is 12.6 Å². The molecule has 0 rings (SSSR count). The van der Waals surface area contributed by atoms with Gasteiger partial charge in [-0.15, -0.1) is 0 Å². The summed E-state index contributed by atoms with van der Waals surface area (Å²) in [5, 5.41) is 0. The molecule has 0 radical (unpaired) electrons. The molecule has 0 spiro atoms. The normalized spacial score (nSPS) is 9.18. The summed E-state index contributed by atoms with van der Waals surface area (Å²) >= 11 is 4.09. The fraction of sp³-hybridized carbons (Fsp3) is 0.857. The fourth-order valence-electron chi connectivity index (χ4n) is 0.833. The maximum absolute atomic E-state index is 4.33. The minimum Gasteiger partial charge on any atom is -0.349 e. The molecule has 0 saturated heterocycles. The molecule has 0 fully saturated rings. The molecule has 0 unspecified atom stereocenters. The summed E-state index contributed by atoms with van der Waals surface area (Å²) in [6.07, 6.45) is 0. The van der Waals surface area contributed by atoms with Crippen molar-refractivity contribution in [1.82, 2.24) is 9.80 Å². The van der Waals surface area contributed by atoms with Crippen LogP contribution in [-0.4, -0.2) is 56.2 Å². The smallest absolute Gasteiger partial charge is 0.195 e. The molecular formula is C7H17N3S. The first-order valence-corrected chi connectivity index (χ1v) is 4.22. The van der Waals surface area contributed by atoms with E-state index in [2.05, 4.69) is 17.6 Å². The third kappa shape index (κ3) is 4.14. The van der Waals surface area contributed by atoms with E-state index < -0.39 is 0 Å². The summed E-state index contributed by atoms with van der Waals surface area (Å²) in [6.45, 7) is 0.773. The van der Waals surface area contributed by atoms with Gasteiger partial charge in [0.1, 0.15) is 0 Å². The molecule has 0 aliphatic carbocycles. The zero-order valence-electron chi connectivity index (χ0n) is 7.70. The lowest BCUT2D eigenvalue weighted by Crippen LogP contribution is -2.35. The van der Waals surface area contributed by atoms with Crippen molar-refractivity contribution in [2.45, 2.75) is 0 Å². The van der Waals surface area contributed by atoms with Gasteiger partial charge < -0.3 is 9.80 Å². The van der Waals surface area contributed by atoms with E-state index in [1.54, 1.807) is 0 Å². The predicted octanol–water partition coefficient (Wildman–Crippen LogP) is 0.395. The van der Waals surface area contributed by atoms with Crippen molar-refractivity contribution in [3.63, 3.8) is 0 Å². The van der Waals surface area contributed by atoms with Crippen LogP contribution in [0.4, 0.5) is 0 Å². The van der Waals surface area contributed by atoms with E-state index >= 15 is 0 Å². The first-order valence-electron chi connectivity index (χ1n) is 3.59. The van der Waals surface area contributed by atoms with E-state index in [0.717, 1.165) is 18.3 Å². The van der Waals surface area contributed by atoms with Crippen molar-refractivity contribution >= 4 is 18.6 Å². The lowest BCUT2D eigenvalue weighted by atomic mass is 10.7. The minimum atomic E-state index is 0.773. The molecule has 0 aliphatic rings. The SMILES string of the molecule is CN(C)C(=NCCS)N(C)C. The molecule has 66 valence electrons. The van der Waals surface area contributed by atoms with Crippen LogP contribution in [0.5, 0.6) is 0 Å². The first-order chi connectivity index (χ1) is 5.09. The molecule has 3 nitrogen and oxygen atoms in total. The van der Waals surface area contributed by atoms with Gasteiger partial charge in [0, 0.05) is 33.9 Å². The Morgan fingerprint density at radius 3 is 1.91 bits per heavy atom. The molecule has 0 aromatic heterocycles. The molecule has 0 bridgehead atoms. The summed E-state index contributed by atoms with van der Waals surface area (Å²) < 4.78 is 0. The van der Waals surface area contributed by atoms with Crippen LogP contribution in [0.2, 0.25) is 0 Å². The van der Waals surface area contributed by atoms with Crippen molar-refractivity contribution in [3.05, 3.63) is 0 Å². The van der Waals surface area contributed by atoms with E-state index in [1.807, 2.05) is 38.0 Å². The van der Waals surface area contributed by atoms with Gasteiger partial charge >= 0.3 is 0 Å². The Kier molecular flexibility index (Phi) is 5.11. The summed E-state index contributed by atoms with van der Waals surface area (Å²) in [4.78, 5) is 8.31. The van der Waals surface area contributed by atoms with Gasteiger partial charge in [-0.25, -0.2) is 0 Å². The zero-order valence-corrected chi connectivity index (χ0v) is 8.60. The molecule has 4 heteroatoms. The molecular weight excluding hydrogens is 158 g/mol. The lowest BCUT2D eigenvalue weighted by molar-refractivity contribution is 0.480. The summed E-state index contributed by atoms with van der Waals surface area (Å²) in [5.41, 5.74) is 0. The third-order valence-corrected chi connectivity index (χ3v) is 1.35. The Morgan fingerprint density at radius 1 is 1.18 bits per heavy atom. The minimum absolute atomic E-state index is 0.773. The Morgan fingerprint density at radius 2 is 1.64 bits per heavy atom. The van der Waals surface area contributed by atoms with Crippen LogP contribution in [0.3, 0.4) is 0 Å². The van der Waals surface area contributed by atoms with E-state index in [-0.39, 0.29) is 0 Å². The third-order valence-electron chi connectivity index (χ3n) is 1.15. The van der Waals surface area contributed by atoms with E-state index in [4.69, 9.17) is 0 Å². The van der Waals surface area contributed by atoms with Crippen LogP contribution >= 0.6 is 12.6 Å². The molecule has 0 atom stereocenters. The average Bonchev–Trinajstić information content (AvgIpc) is 1.87. The number of hydrogen-bond donors (Lipinski definition) is 1. The van der Waals surface area contributed by atoms with Crippen molar-refractivity contribution in [3.8, 4) is 0 Å². The van der Waals surface area contributed by atoms with Gasteiger partial charge in [-0.1, -0.05) is 0 Å². The largest absolute Gasteiger partial charge is 0.349 e. The maximum Gasteiger partial charge on any atom is 0.195 e. The van der Waals surface area contributed by atoms with Gasteiger partial charge in [0.15, 0.2) is 5.96 Å². The van der Waals surface area contributed by atoms with E-state index in [0.29, 0.717) is 0 Å². The number of thiol groups is 1. The number of rotatable bonds is 2. The Hall–Kier alpha value is -0.380. The highest BCUT2D eigenvalue weighted by Gasteiger charge is 2.01. The Bertz CT molecular complexity index is 122. The Balaban J connectivity index is 4.09. The van der Waals surface area contributed by atoms with Crippen LogP contribution in [0.15, 0.2) is 4.99 Å². The molecule has 0 N–H and O–H groups in total. The van der Waals surface area contributed by atoms with Crippen LogP contribution in [-0.2, 0) is 0 Å². The summed E-state index contributed by atoms with van der Waals surface area (Å²) in [5.74, 6) is 1.78. The summed E-state index contributed by atoms with van der Waals surface area (Å²) in [7, 11) is 7.93. The van der Waals surface area contributed by atoms with Crippen LogP contribution in [0, 0.1) is 0 Å². The monoisotopic (exact) mass is 175 g/mol. The van der Waals surface area contributed by atoms with Crippen LogP contribution < -0.4 is 0 Å². The number of aliphatic imine (C=N–C) groups is 1. The molecule has 0 heterocycles. The maximum atomic E-state index is 4.33. The van der Waals surface area contributed by atoms with Crippen molar-refractivity contribution in [2.75, 3.05) is 40.5 Å². The molecule has 0 saturated carbocycles. The highest BCUT2D eigenvalue weighted by atomic mass is 32.1. The fourth-order valence-corrected chi connectivity index (χ4v) is 0.933. The van der Waals surface area contributed by atoms with Gasteiger partial charge in [0.2, 0.25) is 0 Å². The van der Waals surface area contributed by atoms with Gasteiger partial charge in [-0.05, 0) is 0 Å². The van der Waals surface area contributed by atoms with Gasteiger partial charge in [-0.3, -0.25) is 4.99 Å². The number of hydrogen-bond acceptors (Lipinski definition) is 2. The Labute approximate surface area is 74.5 Å². The standard InChI is InChI=1S/C7H17N3S/c1-9(2)7(10(3)4)8-5-6-11/h11H,5-6H2,1-4H3. The molecule has 0 amide bonds. The first kappa shape index (κ1) is 10.6. The quantitative estimate of drug-likeness (QED) is 0.372. The average molecular weight is 175 g/mol. The van der Waals surface area contributed by atoms with Gasteiger partial charge in [0.25, 0.3) is 0 Å². The van der Waals surface area contributed by atoms with E-state index in [9.17, 15) is 0 Å². The molecule has 0 aliphatic heterocycles. The molecule has 0 aromatic carbocycles. The van der Waals surface area contributed by atoms with Crippen LogP contribution in [0.25, 0.3) is 0 Å². The topological polar surface area (TPSA) is 18.8 Å². The van der Waals surface area contributed by atoms with Crippen molar-refractivity contribution in [2.24, 2.45) is 4.99 Å². The second-order valence-corrected chi connectivity index (χ2v) is 3.14. The van der Waals surface area contributed by atoms with Crippen molar-refractivity contribution in [1.29, 1.82) is 0 Å². The predicted molar refractivity (Wildman–Crippen MR) is 53.5 cm³/mol. The highest BCUT2D eigenvalue weighted by molar-refractivity contribution is 7.80. The highest BCUT2D eigenvalue weighted by Crippen LogP contribution is 1.89. The van der Waals surface area contributed by atoms with Gasteiger partial charge in [0.05, 0.1) is 6.54 Å². The summed E-state index contributed by atoms with van der Waals surface area (Å²) in [6, 6.07) is 0. The zero-order chi connectivity index (χ0) is 8.85. The molecule has 0 aromatic rings. The lowest BCUT2D eigenvalue weighted by Gasteiger charge is -2.22. The number of nitrogens with zero attached hydrogens (tertiary/aromatic N) is 3. The second kappa shape index (κ2) is 5.29. The van der Waals surface area contributed by atoms with Crippen LogP contribution in [0.1, 0.15) is 0 Å². The van der Waals surface area contributed by atoms with E-state index in [1.165, 1.54) is 0 Å². The second-order valence-electron chi connectivity index (χ2n) is 2.69. The molecule has 11 heavy (non-hydrogen) atoms. The van der Waals surface area contributed by atoms with Crippen molar-refractivity contribution < 1.29 is 0 Å². The number of guanidine groups is 1.